The van der Waals surface area contributed by atoms with Crippen molar-refractivity contribution < 1.29 is 13.2 Å². The monoisotopic (exact) mass is 374 g/mol. The molecule has 0 spiro atoms. The highest BCUT2D eigenvalue weighted by Crippen LogP contribution is 2.29. The number of carbonyl (C=O) groups excluding carboxylic acids is 1. The Labute approximate surface area is 150 Å². The number of halogens is 1. The van der Waals surface area contributed by atoms with Gasteiger partial charge in [-0.3, -0.25) is 4.79 Å². The van der Waals surface area contributed by atoms with E-state index in [0.29, 0.717) is 11.3 Å². The minimum absolute atomic E-state index is 0. The van der Waals surface area contributed by atoms with E-state index in [1.54, 1.807) is 36.2 Å². The van der Waals surface area contributed by atoms with Gasteiger partial charge < -0.3 is 10.6 Å². The Morgan fingerprint density at radius 1 is 1.29 bits per heavy atom. The van der Waals surface area contributed by atoms with Crippen molar-refractivity contribution in [3.8, 4) is 0 Å². The smallest absolute Gasteiger partial charge is 0.223 e. The molecule has 1 saturated carbocycles. The molecule has 1 unspecified atom stereocenters. The van der Waals surface area contributed by atoms with E-state index in [4.69, 9.17) is 5.73 Å². The predicted octanol–water partition coefficient (Wildman–Crippen LogP) is 2.55. The first-order valence-corrected chi connectivity index (χ1v) is 9.90. The van der Waals surface area contributed by atoms with Gasteiger partial charge in [0, 0.05) is 25.8 Å². The van der Waals surface area contributed by atoms with Crippen LogP contribution < -0.4 is 5.73 Å². The standard InChI is InChI=1S/C17H26N2O3S.ClH/c1-12(13-7-9-15(10-8-13)23(3,21)22)19(2)17(20)11-14-5-4-6-16(14)18;/h7-10,12,14,16H,4-6,11,18H2,1-3H3;1H/t12?,14-,16+;/m0./s1. The zero-order valence-corrected chi connectivity index (χ0v) is 16.1. The number of rotatable bonds is 5. The Bertz CT molecular complexity index is 661. The van der Waals surface area contributed by atoms with Crippen LogP contribution in [0, 0.1) is 5.92 Å². The van der Waals surface area contributed by atoms with Crippen LogP contribution in [0.25, 0.3) is 0 Å². The number of amides is 1. The van der Waals surface area contributed by atoms with Crippen LogP contribution >= 0.6 is 12.4 Å². The zero-order chi connectivity index (χ0) is 17.2. The van der Waals surface area contributed by atoms with E-state index >= 15 is 0 Å². The maximum Gasteiger partial charge on any atom is 0.223 e. The lowest BCUT2D eigenvalue weighted by Crippen LogP contribution is -2.34. The highest BCUT2D eigenvalue weighted by Gasteiger charge is 2.28. The first kappa shape index (κ1) is 20.9. The van der Waals surface area contributed by atoms with Gasteiger partial charge >= 0.3 is 0 Å². The summed E-state index contributed by atoms with van der Waals surface area (Å²) in [5.74, 6) is 0.372. The van der Waals surface area contributed by atoms with Gasteiger partial charge in [0.15, 0.2) is 9.84 Å². The lowest BCUT2D eigenvalue weighted by molar-refractivity contribution is -0.132. The number of sulfone groups is 1. The van der Waals surface area contributed by atoms with Crippen LogP contribution in [0.3, 0.4) is 0 Å². The number of carbonyl (C=O) groups is 1. The van der Waals surface area contributed by atoms with E-state index < -0.39 is 9.84 Å². The second-order valence-electron chi connectivity index (χ2n) is 6.58. The van der Waals surface area contributed by atoms with Gasteiger partial charge in [-0.2, -0.15) is 0 Å². The average Bonchev–Trinajstić information content (AvgIpc) is 2.90. The minimum atomic E-state index is -3.20. The van der Waals surface area contributed by atoms with Gasteiger partial charge in [-0.15, -0.1) is 12.4 Å². The van der Waals surface area contributed by atoms with Crippen LogP contribution in [0.5, 0.6) is 0 Å². The number of nitrogens with two attached hydrogens (primary N) is 1. The summed E-state index contributed by atoms with van der Waals surface area (Å²) < 4.78 is 23.0. The largest absolute Gasteiger partial charge is 0.339 e. The van der Waals surface area contributed by atoms with Crippen LogP contribution in [0.2, 0.25) is 0 Å². The van der Waals surface area contributed by atoms with Gasteiger partial charge in [0.2, 0.25) is 5.91 Å². The fraction of sp³-hybridized carbons (Fsp3) is 0.588. The molecule has 2 rings (SSSR count). The van der Waals surface area contributed by atoms with Gasteiger partial charge in [0.25, 0.3) is 0 Å². The van der Waals surface area contributed by atoms with E-state index in [0.717, 1.165) is 24.8 Å². The van der Waals surface area contributed by atoms with E-state index in [9.17, 15) is 13.2 Å². The first-order chi connectivity index (χ1) is 10.7. The topological polar surface area (TPSA) is 80.5 Å². The van der Waals surface area contributed by atoms with Crippen LogP contribution in [0.4, 0.5) is 0 Å². The molecule has 1 amide bonds. The number of hydrogen-bond acceptors (Lipinski definition) is 4. The average molecular weight is 375 g/mol. The van der Waals surface area contributed by atoms with Crippen LogP contribution in [0.15, 0.2) is 29.2 Å². The number of hydrogen-bond donors (Lipinski definition) is 1. The minimum Gasteiger partial charge on any atom is -0.339 e. The zero-order valence-electron chi connectivity index (χ0n) is 14.4. The van der Waals surface area contributed by atoms with Crippen molar-refractivity contribution in [1.29, 1.82) is 0 Å². The molecular formula is C17H27ClN2O3S. The Morgan fingerprint density at radius 3 is 2.33 bits per heavy atom. The maximum atomic E-state index is 12.5. The van der Waals surface area contributed by atoms with E-state index in [1.165, 1.54) is 6.26 Å². The molecule has 3 atom stereocenters. The first-order valence-electron chi connectivity index (χ1n) is 8.01. The molecule has 0 saturated heterocycles. The SMILES string of the molecule is CC(c1ccc(S(C)(=O)=O)cc1)N(C)C(=O)C[C@@H]1CCC[C@H]1N.Cl. The molecule has 1 fully saturated rings. The quantitative estimate of drug-likeness (QED) is 0.858. The summed E-state index contributed by atoms with van der Waals surface area (Å²) in [6, 6.07) is 6.75. The highest BCUT2D eigenvalue weighted by molar-refractivity contribution is 7.90. The third kappa shape index (κ3) is 4.94. The van der Waals surface area contributed by atoms with Crippen molar-refractivity contribution in [3.05, 3.63) is 29.8 Å². The Morgan fingerprint density at radius 2 is 1.88 bits per heavy atom. The van der Waals surface area contributed by atoms with Crippen molar-refractivity contribution in [2.24, 2.45) is 11.7 Å². The Hall–Kier alpha value is -1.11. The maximum absolute atomic E-state index is 12.5. The fourth-order valence-corrected chi connectivity index (χ4v) is 3.75. The number of benzene rings is 1. The second-order valence-corrected chi connectivity index (χ2v) is 8.60. The van der Waals surface area contributed by atoms with E-state index in [1.807, 2.05) is 6.92 Å². The fourth-order valence-electron chi connectivity index (χ4n) is 3.12. The molecule has 0 radical (unpaired) electrons. The molecule has 1 aromatic carbocycles. The lowest BCUT2D eigenvalue weighted by Gasteiger charge is -2.27. The molecule has 24 heavy (non-hydrogen) atoms. The van der Waals surface area contributed by atoms with Gasteiger partial charge in [-0.25, -0.2) is 8.42 Å². The van der Waals surface area contributed by atoms with E-state index in [2.05, 4.69) is 0 Å². The third-order valence-electron chi connectivity index (χ3n) is 4.92. The van der Waals surface area contributed by atoms with Crippen LogP contribution in [-0.4, -0.2) is 38.6 Å². The van der Waals surface area contributed by atoms with E-state index in [-0.39, 0.29) is 36.3 Å². The van der Waals surface area contributed by atoms with Gasteiger partial charge in [-0.05, 0) is 43.4 Å². The molecular weight excluding hydrogens is 348 g/mol. The molecule has 1 aliphatic rings. The van der Waals surface area contributed by atoms with Crippen molar-refractivity contribution in [3.63, 3.8) is 0 Å². The van der Waals surface area contributed by atoms with Gasteiger partial charge in [-0.1, -0.05) is 18.6 Å². The summed E-state index contributed by atoms with van der Waals surface area (Å²) in [7, 11) is -1.41. The van der Waals surface area contributed by atoms with Gasteiger partial charge in [0.1, 0.15) is 0 Å². The molecule has 136 valence electrons. The Balaban J connectivity index is 0.00000288. The molecule has 0 heterocycles. The summed E-state index contributed by atoms with van der Waals surface area (Å²) in [5, 5.41) is 0. The Kier molecular flexibility index (Phi) is 7.25. The summed E-state index contributed by atoms with van der Waals surface area (Å²) in [4.78, 5) is 14.5. The normalized spacial score (nSPS) is 21.8. The highest BCUT2D eigenvalue weighted by atomic mass is 35.5. The number of nitrogens with zero attached hydrogens (tertiary/aromatic N) is 1. The summed E-state index contributed by atoms with van der Waals surface area (Å²) in [6.07, 6.45) is 4.81. The van der Waals surface area contributed by atoms with Crippen molar-refractivity contribution in [2.45, 2.75) is 49.6 Å². The lowest BCUT2D eigenvalue weighted by atomic mass is 9.98. The summed E-state index contributed by atoms with van der Waals surface area (Å²) >= 11 is 0. The molecule has 1 aliphatic carbocycles. The van der Waals surface area contributed by atoms with Gasteiger partial charge in [0.05, 0.1) is 10.9 Å². The third-order valence-corrected chi connectivity index (χ3v) is 6.05. The van der Waals surface area contributed by atoms with Crippen molar-refractivity contribution >= 4 is 28.2 Å². The summed E-state index contributed by atoms with van der Waals surface area (Å²) in [6.45, 7) is 1.95. The van der Waals surface area contributed by atoms with Crippen LogP contribution in [-0.2, 0) is 14.6 Å². The molecule has 0 bridgehead atoms. The predicted molar refractivity (Wildman–Crippen MR) is 97.9 cm³/mol. The molecule has 7 heteroatoms. The van der Waals surface area contributed by atoms with Crippen molar-refractivity contribution in [1.82, 2.24) is 4.90 Å². The van der Waals surface area contributed by atoms with Crippen molar-refractivity contribution in [2.75, 3.05) is 13.3 Å². The molecule has 2 N–H and O–H groups in total. The second kappa shape index (κ2) is 8.32. The summed E-state index contributed by atoms with van der Waals surface area (Å²) in [5.41, 5.74) is 6.96. The van der Waals surface area contributed by atoms with Crippen LogP contribution in [0.1, 0.15) is 44.2 Å². The molecule has 0 aromatic heterocycles. The molecule has 1 aromatic rings. The molecule has 5 nitrogen and oxygen atoms in total. The molecule has 0 aliphatic heterocycles.